The molecule has 0 saturated heterocycles. The van der Waals surface area contributed by atoms with Crippen molar-refractivity contribution in [1.29, 1.82) is 0 Å². The van der Waals surface area contributed by atoms with Gasteiger partial charge in [0.25, 0.3) is 0 Å². The maximum Gasteiger partial charge on any atom is 0.134 e. The zero-order valence-electron chi connectivity index (χ0n) is 12.1. The van der Waals surface area contributed by atoms with E-state index < -0.39 is 0 Å². The predicted molar refractivity (Wildman–Crippen MR) is 79.4 cm³/mol. The van der Waals surface area contributed by atoms with Gasteiger partial charge in [-0.2, -0.15) is 0 Å². The van der Waals surface area contributed by atoms with Crippen molar-refractivity contribution in [2.75, 3.05) is 0 Å². The molecule has 1 aliphatic carbocycles. The summed E-state index contributed by atoms with van der Waals surface area (Å²) in [6.45, 7) is 7.35. The first-order valence-electron chi connectivity index (χ1n) is 7.32. The van der Waals surface area contributed by atoms with Crippen molar-refractivity contribution in [2.24, 2.45) is 5.73 Å². The van der Waals surface area contributed by atoms with Crippen molar-refractivity contribution >= 4 is 11.0 Å². The summed E-state index contributed by atoms with van der Waals surface area (Å²) >= 11 is 0. The topological polar surface area (TPSA) is 39.2 Å². The van der Waals surface area contributed by atoms with Gasteiger partial charge in [-0.05, 0) is 48.3 Å². The second-order valence-corrected chi connectivity index (χ2v) is 6.37. The molecule has 1 aromatic carbocycles. The Morgan fingerprint density at radius 3 is 2.63 bits per heavy atom. The first kappa shape index (κ1) is 12.7. The van der Waals surface area contributed by atoms with E-state index in [2.05, 4.69) is 39.0 Å². The van der Waals surface area contributed by atoms with Crippen LogP contribution in [0.4, 0.5) is 0 Å². The minimum Gasteiger partial charge on any atom is -0.459 e. The van der Waals surface area contributed by atoms with Gasteiger partial charge in [0.1, 0.15) is 11.3 Å². The van der Waals surface area contributed by atoms with Crippen molar-refractivity contribution in [2.45, 2.75) is 57.9 Å². The van der Waals surface area contributed by atoms with Crippen molar-refractivity contribution < 1.29 is 4.42 Å². The summed E-state index contributed by atoms with van der Waals surface area (Å²) in [6, 6.07) is 6.65. The molecule has 0 amide bonds. The quantitative estimate of drug-likeness (QED) is 0.878. The summed E-state index contributed by atoms with van der Waals surface area (Å²) in [6.07, 6.45) is 3.70. The predicted octanol–water partition coefficient (Wildman–Crippen LogP) is 4.46. The molecule has 0 bridgehead atoms. The molecule has 2 heteroatoms. The van der Waals surface area contributed by atoms with Crippen molar-refractivity contribution in [3.63, 3.8) is 0 Å². The second kappa shape index (κ2) is 4.38. The van der Waals surface area contributed by atoms with Gasteiger partial charge in [0.2, 0.25) is 0 Å². The van der Waals surface area contributed by atoms with Crippen LogP contribution in [0.2, 0.25) is 0 Å². The van der Waals surface area contributed by atoms with Gasteiger partial charge < -0.3 is 10.2 Å². The second-order valence-electron chi connectivity index (χ2n) is 6.37. The van der Waals surface area contributed by atoms with E-state index in [0.717, 1.165) is 17.8 Å². The van der Waals surface area contributed by atoms with Crippen LogP contribution in [0, 0.1) is 0 Å². The van der Waals surface area contributed by atoms with Gasteiger partial charge in [-0.25, -0.2) is 0 Å². The first-order valence-corrected chi connectivity index (χ1v) is 7.32. The number of fused-ring (bicyclic) bond motifs is 1. The zero-order valence-corrected chi connectivity index (χ0v) is 12.1. The molecule has 0 atom stereocenters. The molecular weight excluding hydrogens is 234 g/mol. The molecule has 1 aliphatic rings. The Bertz CT molecular complexity index is 605. The third-order valence-electron chi connectivity index (χ3n) is 4.64. The fraction of sp³-hybridized carbons (Fsp3) is 0.529. The van der Waals surface area contributed by atoms with Crippen LogP contribution in [0.15, 0.2) is 22.6 Å². The van der Waals surface area contributed by atoms with Crippen LogP contribution in [0.25, 0.3) is 11.0 Å². The largest absolute Gasteiger partial charge is 0.459 e. The van der Waals surface area contributed by atoms with Crippen LogP contribution < -0.4 is 5.73 Å². The van der Waals surface area contributed by atoms with Crippen LogP contribution >= 0.6 is 0 Å². The van der Waals surface area contributed by atoms with E-state index in [9.17, 15) is 0 Å². The number of nitrogens with two attached hydrogens (primary N) is 1. The lowest BCUT2D eigenvalue weighted by molar-refractivity contribution is 0.506. The average Bonchev–Trinajstić information content (AvgIpc) is 3.18. The van der Waals surface area contributed by atoms with Crippen molar-refractivity contribution in [3.8, 4) is 0 Å². The van der Waals surface area contributed by atoms with Crippen LogP contribution in [-0.2, 0) is 12.0 Å². The van der Waals surface area contributed by atoms with Crippen LogP contribution in [-0.4, -0.2) is 0 Å². The Kier molecular flexibility index (Phi) is 2.94. The Balaban J connectivity index is 2.18. The molecule has 3 rings (SSSR count). The highest BCUT2D eigenvalue weighted by Gasteiger charge is 2.31. The summed E-state index contributed by atoms with van der Waals surface area (Å²) < 4.78 is 5.93. The summed E-state index contributed by atoms with van der Waals surface area (Å²) in [7, 11) is 0. The standard InChI is InChI=1S/C17H23NO/c1-4-17(2,3)12-7-8-14-13(9-12)16(11-5-6-11)15(10-18)19-14/h7-9,11H,4-6,10,18H2,1-3H3. The molecule has 2 N–H and O–H groups in total. The van der Waals surface area contributed by atoms with Crippen molar-refractivity contribution in [3.05, 3.63) is 35.1 Å². The zero-order chi connectivity index (χ0) is 13.6. The van der Waals surface area contributed by atoms with Gasteiger partial charge in [-0.3, -0.25) is 0 Å². The van der Waals surface area contributed by atoms with E-state index in [1.54, 1.807) is 0 Å². The average molecular weight is 257 g/mol. The maximum atomic E-state index is 5.93. The summed E-state index contributed by atoms with van der Waals surface area (Å²) in [5, 5.41) is 1.29. The smallest absolute Gasteiger partial charge is 0.134 e. The van der Waals surface area contributed by atoms with Gasteiger partial charge in [-0.1, -0.05) is 26.8 Å². The highest BCUT2D eigenvalue weighted by molar-refractivity contribution is 5.84. The molecule has 0 radical (unpaired) electrons. The summed E-state index contributed by atoms with van der Waals surface area (Å²) in [5.41, 5.74) is 9.83. The third kappa shape index (κ3) is 2.08. The van der Waals surface area contributed by atoms with E-state index in [1.165, 1.54) is 29.4 Å². The van der Waals surface area contributed by atoms with Gasteiger partial charge >= 0.3 is 0 Å². The van der Waals surface area contributed by atoms with Crippen LogP contribution in [0.1, 0.15) is 62.8 Å². The van der Waals surface area contributed by atoms with Crippen molar-refractivity contribution in [1.82, 2.24) is 0 Å². The molecule has 1 saturated carbocycles. The fourth-order valence-electron chi connectivity index (χ4n) is 2.76. The van der Waals surface area contributed by atoms with E-state index in [-0.39, 0.29) is 5.41 Å². The Labute approximate surface area is 115 Å². The van der Waals surface area contributed by atoms with E-state index >= 15 is 0 Å². The number of benzene rings is 1. The SMILES string of the molecule is CCC(C)(C)c1ccc2oc(CN)c(C3CC3)c2c1. The molecule has 0 spiro atoms. The Morgan fingerprint density at radius 1 is 1.32 bits per heavy atom. The third-order valence-corrected chi connectivity index (χ3v) is 4.64. The molecule has 1 aromatic heterocycles. The van der Waals surface area contributed by atoms with E-state index in [4.69, 9.17) is 10.2 Å². The van der Waals surface area contributed by atoms with E-state index in [0.29, 0.717) is 12.5 Å². The molecule has 19 heavy (non-hydrogen) atoms. The molecule has 1 heterocycles. The molecule has 2 aromatic rings. The number of hydrogen-bond donors (Lipinski definition) is 1. The van der Waals surface area contributed by atoms with E-state index in [1.807, 2.05) is 0 Å². The number of rotatable bonds is 4. The molecule has 0 aliphatic heterocycles. The highest BCUT2D eigenvalue weighted by atomic mass is 16.3. The van der Waals surface area contributed by atoms with Gasteiger partial charge in [0.15, 0.2) is 0 Å². The van der Waals surface area contributed by atoms with Crippen LogP contribution in [0.3, 0.4) is 0 Å². The Morgan fingerprint density at radius 2 is 2.05 bits per heavy atom. The monoisotopic (exact) mass is 257 g/mol. The molecule has 0 unspecified atom stereocenters. The lowest BCUT2D eigenvalue weighted by Crippen LogP contribution is -2.15. The molecule has 1 fully saturated rings. The summed E-state index contributed by atoms with van der Waals surface area (Å²) in [4.78, 5) is 0. The van der Waals surface area contributed by atoms with Gasteiger partial charge in [0.05, 0.1) is 6.54 Å². The first-order chi connectivity index (χ1) is 9.06. The van der Waals surface area contributed by atoms with Gasteiger partial charge in [-0.15, -0.1) is 0 Å². The lowest BCUT2D eigenvalue weighted by Gasteiger charge is -2.23. The normalized spacial score (nSPS) is 16.2. The summed E-state index contributed by atoms with van der Waals surface area (Å²) in [5.74, 6) is 1.67. The van der Waals surface area contributed by atoms with Crippen LogP contribution in [0.5, 0.6) is 0 Å². The number of hydrogen-bond acceptors (Lipinski definition) is 2. The lowest BCUT2D eigenvalue weighted by atomic mass is 9.81. The number of furan rings is 1. The minimum atomic E-state index is 0.217. The fourth-order valence-corrected chi connectivity index (χ4v) is 2.76. The molecular formula is C17H23NO. The minimum absolute atomic E-state index is 0.217. The highest BCUT2D eigenvalue weighted by Crippen LogP contribution is 2.46. The maximum absolute atomic E-state index is 5.93. The Hall–Kier alpha value is -1.28. The molecule has 102 valence electrons. The molecule has 2 nitrogen and oxygen atoms in total. The van der Waals surface area contributed by atoms with Gasteiger partial charge in [0, 0.05) is 10.9 Å².